The summed E-state index contributed by atoms with van der Waals surface area (Å²) in [7, 11) is -7.97. The summed E-state index contributed by atoms with van der Waals surface area (Å²) < 4.78 is 51.5. The van der Waals surface area contributed by atoms with Gasteiger partial charge in [-0.25, -0.2) is 22.3 Å². The molecule has 0 radical (unpaired) electrons. The molecule has 0 unspecified atom stereocenters. The van der Waals surface area contributed by atoms with E-state index in [1.807, 2.05) is 24.3 Å². The maximum atomic E-state index is 13.3. The number of rotatable bonds is 4. The largest absolute Gasteiger partial charge is 0.289 e. The van der Waals surface area contributed by atoms with E-state index >= 15 is 0 Å². The first kappa shape index (κ1) is 22.9. The minimum absolute atomic E-state index is 0.0748. The van der Waals surface area contributed by atoms with Gasteiger partial charge in [-0.1, -0.05) is 40.2 Å². The van der Waals surface area contributed by atoms with Gasteiger partial charge < -0.3 is 0 Å². The van der Waals surface area contributed by atoms with Crippen molar-refractivity contribution in [2.75, 3.05) is 12.3 Å². The summed E-state index contributed by atoms with van der Waals surface area (Å²) in [5.74, 6) is -1.52. The smallest absolute Gasteiger partial charge is 0.263 e. The van der Waals surface area contributed by atoms with Gasteiger partial charge in [0, 0.05) is 11.0 Å². The van der Waals surface area contributed by atoms with Crippen LogP contribution in [-0.2, 0) is 24.7 Å². The van der Waals surface area contributed by atoms with E-state index in [-0.39, 0.29) is 11.4 Å². The molecule has 0 aromatic heterocycles. The number of halogens is 1. The summed E-state index contributed by atoms with van der Waals surface area (Å²) in [5, 5.41) is 9.11. The maximum Gasteiger partial charge on any atom is 0.263 e. The summed E-state index contributed by atoms with van der Waals surface area (Å²) in [5.41, 5.74) is 3.10. The normalized spacial score (nSPS) is 21.1. The van der Waals surface area contributed by atoms with Crippen molar-refractivity contribution in [1.29, 1.82) is 0 Å². The molecule has 1 saturated heterocycles. The van der Waals surface area contributed by atoms with E-state index in [0.717, 1.165) is 19.9 Å². The lowest BCUT2D eigenvalue weighted by Gasteiger charge is -2.43. The van der Waals surface area contributed by atoms with Crippen LogP contribution in [0.3, 0.4) is 0 Å². The Hall–Kier alpha value is -1.79. The minimum Gasteiger partial charge on any atom is -0.289 e. The molecule has 0 spiro atoms. The van der Waals surface area contributed by atoms with Gasteiger partial charge in [0.1, 0.15) is 6.04 Å². The number of benzene rings is 2. The Morgan fingerprint density at radius 2 is 1.60 bits per heavy atom. The number of sulfone groups is 1. The van der Waals surface area contributed by atoms with Gasteiger partial charge in [-0.15, -0.1) is 0 Å². The van der Waals surface area contributed by atoms with Crippen molar-refractivity contribution < 1.29 is 26.8 Å². The quantitative estimate of drug-likeness (QED) is 0.474. The van der Waals surface area contributed by atoms with Gasteiger partial charge >= 0.3 is 0 Å². The Bertz CT molecular complexity index is 1160. The van der Waals surface area contributed by atoms with E-state index in [1.54, 1.807) is 12.1 Å². The van der Waals surface area contributed by atoms with E-state index in [9.17, 15) is 21.6 Å². The number of nitrogens with zero attached hydrogens (tertiary/aromatic N) is 1. The van der Waals surface area contributed by atoms with Crippen LogP contribution in [0.2, 0.25) is 0 Å². The molecule has 0 aliphatic carbocycles. The second-order valence-electron chi connectivity index (χ2n) is 7.45. The first-order chi connectivity index (χ1) is 13.9. The molecule has 1 aliphatic rings. The van der Waals surface area contributed by atoms with Crippen LogP contribution in [0, 0.1) is 0 Å². The molecule has 1 aliphatic heterocycles. The molecular weight excluding hydrogens is 496 g/mol. The van der Waals surface area contributed by atoms with Gasteiger partial charge in [-0.2, -0.15) is 4.31 Å². The molecule has 30 heavy (non-hydrogen) atoms. The molecule has 2 aromatic carbocycles. The van der Waals surface area contributed by atoms with E-state index in [1.165, 1.54) is 31.5 Å². The molecule has 2 aromatic rings. The van der Waals surface area contributed by atoms with Crippen molar-refractivity contribution in [3.63, 3.8) is 0 Å². The van der Waals surface area contributed by atoms with E-state index in [0.29, 0.717) is 0 Å². The molecule has 1 amide bonds. The molecule has 0 bridgehead atoms. The number of hydrogen-bond donors (Lipinski definition) is 2. The molecule has 3 rings (SSSR count). The maximum absolute atomic E-state index is 13.3. The number of amides is 1. The Labute approximate surface area is 184 Å². The van der Waals surface area contributed by atoms with E-state index in [4.69, 9.17) is 5.21 Å². The predicted molar refractivity (Wildman–Crippen MR) is 115 cm³/mol. The van der Waals surface area contributed by atoms with E-state index in [2.05, 4.69) is 15.9 Å². The second-order valence-corrected chi connectivity index (χ2v) is 12.9. The van der Waals surface area contributed by atoms with Crippen LogP contribution in [0.25, 0.3) is 11.1 Å². The van der Waals surface area contributed by atoms with Gasteiger partial charge in [0.25, 0.3) is 5.91 Å². The van der Waals surface area contributed by atoms with Crippen molar-refractivity contribution in [2.45, 2.75) is 29.5 Å². The number of carbonyl (C=O) groups excluding carboxylic acids is 1. The average Bonchev–Trinajstić information content (AvgIpc) is 2.70. The molecule has 0 saturated carbocycles. The molecule has 1 heterocycles. The minimum atomic E-state index is -4.20. The van der Waals surface area contributed by atoms with Crippen molar-refractivity contribution in [1.82, 2.24) is 9.79 Å². The molecule has 8 nitrogen and oxygen atoms in total. The summed E-state index contributed by atoms with van der Waals surface area (Å²) in [6.07, 6.45) is 0. The highest BCUT2D eigenvalue weighted by Crippen LogP contribution is 2.35. The zero-order valence-electron chi connectivity index (χ0n) is 16.2. The number of nitrogens with one attached hydrogen (secondary N) is 1. The van der Waals surface area contributed by atoms with Gasteiger partial charge in [0.15, 0.2) is 9.84 Å². The summed E-state index contributed by atoms with van der Waals surface area (Å²) >= 11 is 3.36. The van der Waals surface area contributed by atoms with Gasteiger partial charge in [0.05, 0.1) is 15.4 Å². The Kier molecular flexibility index (Phi) is 6.14. The van der Waals surface area contributed by atoms with Crippen LogP contribution in [0.1, 0.15) is 13.8 Å². The number of carbonyl (C=O) groups is 1. The highest BCUT2D eigenvalue weighted by molar-refractivity contribution is 9.10. The zero-order valence-corrected chi connectivity index (χ0v) is 19.5. The summed E-state index contributed by atoms with van der Waals surface area (Å²) in [6.45, 7) is 2.17. The third-order valence-electron chi connectivity index (χ3n) is 5.33. The first-order valence-electron chi connectivity index (χ1n) is 8.96. The zero-order chi connectivity index (χ0) is 22.3. The lowest BCUT2D eigenvalue weighted by molar-refractivity contribution is -0.134. The third kappa shape index (κ3) is 3.92. The van der Waals surface area contributed by atoms with Crippen LogP contribution in [0.4, 0.5) is 0 Å². The molecule has 1 atom stereocenters. The Balaban J connectivity index is 2.01. The summed E-state index contributed by atoms with van der Waals surface area (Å²) in [4.78, 5) is 12.2. The highest BCUT2D eigenvalue weighted by Gasteiger charge is 2.55. The fraction of sp³-hybridized carbons (Fsp3) is 0.316. The number of sulfonamides is 1. The van der Waals surface area contributed by atoms with Crippen LogP contribution < -0.4 is 5.48 Å². The van der Waals surface area contributed by atoms with Gasteiger partial charge in [0.2, 0.25) is 10.0 Å². The first-order valence-corrected chi connectivity index (χ1v) is 12.8. The van der Waals surface area contributed by atoms with Crippen molar-refractivity contribution in [3.8, 4) is 11.1 Å². The van der Waals surface area contributed by atoms with Crippen LogP contribution in [-0.4, -0.2) is 55.3 Å². The SMILES string of the molecule is CC1(C)[C@H](C(=O)NO)N(S(=O)(=O)c2ccc(-c3ccc(Br)cc3)cc2)CCS1(=O)=O. The van der Waals surface area contributed by atoms with Crippen LogP contribution in [0.15, 0.2) is 57.9 Å². The molecular formula is C19H21BrN2O6S2. The summed E-state index contributed by atoms with van der Waals surface area (Å²) in [6, 6.07) is 12.0. The second kappa shape index (κ2) is 8.04. The van der Waals surface area contributed by atoms with E-state index < -0.39 is 42.3 Å². The standard InChI is InChI=1S/C19H21BrN2O6S2/c1-19(2)17(18(23)21-24)22(11-12-29(19,25)26)30(27,28)16-9-5-14(6-10-16)13-3-7-15(20)8-4-13/h3-10,17,24H,11-12H2,1-2H3,(H,21,23)/t17-/m0/s1. The molecule has 2 N–H and O–H groups in total. The van der Waals surface area contributed by atoms with Crippen molar-refractivity contribution in [3.05, 3.63) is 53.0 Å². The van der Waals surface area contributed by atoms with Gasteiger partial charge in [-0.05, 0) is 49.2 Å². The molecule has 11 heteroatoms. The van der Waals surface area contributed by atoms with Crippen molar-refractivity contribution in [2.24, 2.45) is 0 Å². The topological polar surface area (TPSA) is 121 Å². The highest BCUT2D eigenvalue weighted by atomic mass is 79.9. The van der Waals surface area contributed by atoms with Crippen molar-refractivity contribution >= 4 is 41.7 Å². The Morgan fingerprint density at radius 1 is 1.10 bits per heavy atom. The fourth-order valence-corrected chi connectivity index (χ4v) is 7.19. The fourth-order valence-electron chi connectivity index (χ4n) is 3.48. The molecule has 162 valence electrons. The molecule has 1 fully saturated rings. The Morgan fingerprint density at radius 3 is 2.10 bits per heavy atom. The lowest BCUT2D eigenvalue weighted by atomic mass is 10.0. The third-order valence-corrected chi connectivity index (χ3v) is 10.3. The lowest BCUT2D eigenvalue weighted by Crippen LogP contribution is -2.66. The monoisotopic (exact) mass is 516 g/mol. The number of hydroxylamine groups is 1. The van der Waals surface area contributed by atoms with Crippen LogP contribution >= 0.6 is 15.9 Å². The average molecular weight is 517 g/mol. The van der Waals surface area contributed by atoms with Crippen LogP contribution in [0.5, 0.6) is 0 Å². The predicted octanol–water partition coefficient (Wildman–Crippen LogP) is 2.19. The number of hydrogen-bond acceptors (Lipinski definition) is 6. The van der Waals surface area contributed by atoms with Gasteiger partial charge in [-0.3, -0.25) is 10.0 Å².